The van der Waals surface area contributed by atoms with E-state index in [1.54, 1.807) is 0 Å². The van der Waals surface area contributed by atoms with Crippen molar-refractivity contribution in [3.8, 4) is 0 Å². The third kappa shape index (κ3) is 6.46. The standard InChI is InChI=1S/C30H39OP/c1-25-22-23-30(27(3)26(25)2)32(31,29-20-14-10-15-21-29)24-16-8-6-4-5-7-11-17-28-18-12-9-13-19-28/h9-10,12-15,18-23H,4-8,11,16-17,24H2,1-3H3. The predicted octanol–water partition coefficient (Wildman–Crippen LogP) is 7.90. The molecule has 0 aliphatic carbocycles. The number of unbranched alkanes of at least 4 members (excludes halogenated alkanes) is 6. The minimum Gasteiger partial charge on any atom is -0.314 e. The monoisotopic (exact) mass is 446 g/mol. The quantitative estimate of drug-likeness (QED) is 0.204. The molecule has 0 spiro atoms. The molecule has 0 fully saturated rings. The first-order valence-corrected chi connectivity index (χ1v) is 14.2. The molecule has 3 rings (SSSR count). The third-order valence-corrected chi connectivity index (χ3v) is 10.2. The van der Waals surface area contributed by atoms with E-state index in [4.69, 9.17) is 0 Å². The van der Waals surface area contributed by atoms with Gasteiger partial charge in [-0.2, -0.15) is 0 Å². The largest absolute Gasteiger partial charge is 0.314 e. The van der Waals surface area contributed by atoms with Crippen molar-refractivity contribution in [2.24, 2.45) is 0 Å². The third-order valence-electron chi connectivity index (χ3n) is 6.87. The fourth-order valence-corrected chi connectivity index (χ4v) is 7.71. The molecule has 1 atom stereocenters. The molecule has 0 saturated carbocycles. The van der Waals surface area contributed by atoms with Gasteiger partial charge in [0.25, 0.3) is 0 Å². The zero-order chi connectivity index (χ0) is 22.8. The number of rotatable bonds is 12. The maximum Gasteiger partial charge on any atom is 0.143 e. The topological polar surface area (TPSA) is 17.1 Å². The van der Waals surface area contributed by atoms with Crippen LogP contribution >= 0.6 is 7.14 Å². The lowest BCUT2D eigenvalue weighted by atomic mass is 10.0. The molecule has 0 N–H and O–H groups in total. The van der Waals surface area contributed by atoms with Crippen LogP contribution in [-0.2, 0) is 11.0 Å². The summed E-state index contributed by atoms with van der Waals surface area (Å²) in [5.41, 5.74) is 5.20. The summed E-state index contributed by atoms with van der Waals surface area (Å²) < 4.78 is 14.4. The van der Waals surface area contributed by atoms with E-state index in [9.17, 15) is 4.57 Å². The molecule has 1 nitrogen and oxygen atoms in total. The Kier molecular flexibility index (Phi) is 9.36. The first-order chi connectivity index (χ1) is 15.5. The van der Waals surface area contributed by atoms with Crippen LogP contribution in [0, 0.1) is 20.8 Å². The van der Waals surface area contributed by atoms with Gasteiger partial charge in [-0.25, -0.2) is 0 Å². The first kappa shape index (κ1) is 24.5. The molecule has 0 bridgehead atoms. The summed E-state index contributed by atoms with van der Waals surface area (Å²) in [6.45, 7) is 6.43. The van der Waals surface area contributed by atoms with Crippen molar-refractivity contribution in [3.05, 3.63) is 95.1 Å². The lowest BCUT2D eigenvalue weighted by Crippen LogP contribution is -2.22. The van der Waals surface area contributed by atoms with E-state index < -0.39 is 7.14 Å². The summed E-state index contributed by atoms with van der Waals surface area (Å²) in [6, 6.07) is 25.2. The minimum atomic E-state index is -2.61. The second-order valence-corrected chi connectivity index (χ2v) is 12.1. The average Bonchev–Trinajstić information content (AvgIpc) is 2.82. The van der Waals surface area contributed by atoms with E-state index in [1.807, 2.05) is 18.2 Å². The fraction of sp³-hybridized carbons (Fsp3) is 0.400. The molecular weight excluding hydrogens is 407 g/mol. The molecule has 3 aromatic carbocycles. The van der Waals surface area contributed by atoms with Crippen LogP contribution < -0.4 is 10.6 Å². The number of hydrogen-bond donors (Lipinski definition) is 0. The van der Waals surface area contributed by atoms with Crippen LogP contribution in [0.1, 0.15) is 67.2 Å². The molecule has 170 valence electrons. The molecule has 0 amide bonds. The highest BCUT2D eigenvalue weighted by Gasteiger charge is 2.28. The van der Waals surface area contributed by atoms with Crippen molar-refractivity contribution in [3.63, 3.8) is 0 Å². The molecule has 0 aromatic heterocycles. The fourth-order valence-electron chi connectivity index (χ4n) is 4.58. The Balaban J connectivity index is 1.50. The van der Waals surface area contributed by atoms with Crippen LogP contribution in [0.15, 0.2) is 72.8 Å². The maximum atomic E-state index is 14.4. The van der Waals surface area contributed by atoms with Crippen molar-refractivity contribution in [1.29, 1.82) is 0 Å². The molecule has 3 aromatic rings. The number of aryl methyl sites for hydroxylation is 2. The molecular formula is C30H39OP. The Bertz CT molecular complexity index is 1010. The maximum absolute atomic E-state index is 14.4. The Morgan fingerprint density at radius 3 is 1.81 bits per heavy atom. The van der Waals surface area contributed by atoms with E-state index in [2.05, 4.69) is 75.4 Å². The van der Waals surface area contributed by atoms with Gasteiger partial charge in [0.2, 0.25) is 0 Å². The average molecular weight is 447 g/mol. The van der Waals surface area contributed by atoms with Gasteiger partial charge in [0.15, 0.2) is 0 Å². The minimum absolute atomic E-state index is 0.772. The van der Waals surface area contributed by atoms with Crippen LogP contribution in [0.3, 0.4) is 0 Å². The van der Waals surface area contributed by atoms with Crippen molar-refractivity contribution >= 4 is 17.8 Å². The van der Waals surface area contributed by atoms with Gasteiger partial charge >= 0.3 is 0 Å². The summed E-state index contributed by atoms with van der Waals surface area (Å²) in [5, 5.41) is 2.07. The molecule has 0 aliphatic rings. The van der Waals surface area contributed by atoms with Crippen LogP contribution in [0.2, 0.25) is 0 Å². The summed E-state index contributed by atoms with van der Waals surface area (Å²) in [5.74, 6) is 0. The molecule has 0 aliphatic heterocycles. The zero-order valence-electron chi connectivity index (χ0n) is 20.1. The molecule has 0 radical (unpaired) electrons. The SMILES string of the molecule is Cc1ccc(P(=O)(CCCCCCCCCc2ccccc2)c2ccccc2)c(C)c1C. The van der Waals surface area contributed by atoms with Crippen molar-refractivity contribution in [2.75, 3.05) is 6.16 Å². The lowest BCUT2D eigenvalue weighted by Gasteiger charge is -2.23. The zero-order valence-corrected chi connectivity index (χ0v) is 21.0. The smallest absolute Gasteiger partial charge is 0.143 e. The van der Waals surface area contributed by atoms with E-state index in [0.29, 0.717) is 0 Å². The van der Waals surface area contributed by atoms with E-state index in [0.717, 1.165) is 23.2 Å². The van der Waals surface area contributed by atoms with Gasteiger partial charge in [0.1, 0.15) is 7.14 Å². The highest BCUT2D eigenvalue weighted by molar-refractivity contribution is 7.78. The Morgan fingerprint density at radius 2 is 1.16 bits per heavy atom. The molecule has 0 heterocycles. The van der Waals surface area contributed by atoms with Crippen LogP contribution in [0.4, 0.5) is 0 Å². The highest BCUT2D eigenvalue weighted by Crippen LogP contribution is 2.45. The first-order valence-electron chi connectivity index (χ1n) is 12.3. The van der Waals surface area contributed by atoms with Gasteiger partial charge < -0.3 is 4.57 Å². The summed E-state index contributed by atoms with van der Waals surface area (Å²) in [4.78, 5) is 0. The van der Waals surface area contributed by atoms with E-state index >= 15 is 0 Å². The number of benzene rings is 3. The van der Waals surface area contributed by atoms with Crippen LogP contribution in [-0.4, -0.2) is 6.16 Å². The van der Waals surface area contributed by atoms with Gasteiger partial charge in [-0.3, -0.25) is 0 Å². The second-order valence-electron chi connectivity index (χ2n) is 9.16. The summed E-state index contributed by atoms with van der Waals surface area (Å²) >= 11 is 0. The van der Waals surface area contributed by atoms with Crippen molar-refractivity contribution in [1.82, 2.24) is 0 Å². The Hall–Kier alpha value is -2.11. The molecule has 32 heavy (non-hydrogen) atoms. The van der Waals surface area contributed by atoms with Crippen molar-refractivity contribution < 1.29 is 4.57 Å². The predicted molar refractivity (Wildman–Crippen MR) is 141 cm³/mol. The molecule has 1 unspecified atom stereocenters. The van der Waals surface area contributed by atoms with Gasteiger partial charge in [-0.15, -0.1) is 0 Å². The van der Waals surface area contributed by atoms with Gasteiger partial charge in [-0.1, -0.05) is 105 Å². The number of hydrogen-bond acceptors (Lipinski definition) is 1. The van der Waals surface area contributed by atoms with E-state index in [-0.39, 0.29) is 0 Å². The highest BCUT2D eigenvalue weighted by atomic mass is 31.2. The second kappa shape index (κ2) is 12.2. The van der Waals surface area contributed by atoms with Crippen molar-refractivity contribution in [2.45, 2.75) is 72.1 Å². The Labute approximate surface area is 195 Å². The van der Waals surface area contributed by atoms with E-state index in [1.165, 1.54) is 67.2 Å². The van der Waals surface area contributed by atoms with Gasteiger partial charge in [0, 0.05) is 16.8 Å². The molecule has 0 saturated heterocycles. The van der Waals surface area contributed by atoms with Gasteiger partial charge in [0.05, 0.1) is 0 Å². The van der Waals surface area contributed by atoms with Crippen LogP contribution in [0.5, 0.6) is 0 Å². The Morgan fingerprint density at radius 1 is 0.594 bits per heavy atom. The summed E-state index contributed by atoms with van der Waals surface area (Å²) in [7, 11) is -2.61. The van der Waals surface area contributed by atoms with Crippen LogP contribution in [0.25, 0.3) is 0 Å². The molecule has 2 heteroatoms. The van der Waals surface area contributed by atoms with Gasteiger partial charge in [-0.05, 0) is 62.3 Å². The summed E-state index contributed by atoms with van der Waals surface area (Å²) in [6.07, 6.45) is 10.6. The lowest BCUT2D eigenvalue weighted by molar-refractivity contribution is 0.574. The normalized spacial score (nSPS) is 13.1.